The summed E-state index contributed by atoms with van der Waals surface area (Å²) >= 11 is 6.01. The van der Waals surface area contributed by atoms with Crippen LogP contribution >= 0.6 is 11.6 Å². The number of benzene rings is 1. The van der Waals surface area contributed by atoms with Gasteiger partial charge < -0.3 is 14.8 Å². The highest BCUT2D eigenvalue weighted by Gasteiger charge is 2.22. The van der Waals surface area contributed by atoms with Gasteiger partial charge in [-0.25, -0.2) is 0 Å². The normalized spacial score (nSPS) is 25.4. The van der Waals surface area contributed by atoms with Gasteiger partial charge in [0.15, 0.2) is 0 Å². The zero-order valence-corrected chi connectivity index (χ0v) is 10.3. The van der Waals surface area contributed by atoms with Crippen LogP contribution in [0.5, 0.6) is 5.75 Å². The van der Waals surface area contributed by atoms with Crippen LogP contribution in [0.3, 0.4) is 0 Å². The molecule has 1 heterocycles. The highest BCUT2D eigenvalue weighted by molar-refractivity contribution is 6.30. The molecule has 3 nitrogen and oxygen atoms in total. The van der Waals surface area contributed by atoms with Gasteiger partial charge in [0.2, 0.25) is 0 Å². The molecule has 0 bridgehead atoms. The summed E-state index contributed by atoms with van der Waals surface area (Å²) in [6.07, 6.45) is 0. The molecule has 0 amide bonds. The monoisotopic (exact) mass is 241 g/mol. The van der Waals surface area contributed by atoms with Crippen LogP contribution in [0.4, 0.5) is 0 Å². The van der Waals surface area contributed by atoms with Crippen LogP contribution in [0.2, 0.25) is 5.02 Å². The molecule has 1 aromatic carbocycles. The fourth-order valence-corrected chi connectivity index (χ4v) is 2.14. The highest BCUT2D eigenvalue weighted by atomic mass is 35.5. The lowest BCUT2D eigenvalue weighted by molar-refractivity contribution is 0.0497. The van der Waals surface area contributed by atoms with E-state index in [1.165, 1.54) is 0 Å². The van der Waals surface area contributed by atoms with Crippen LogP contribution in [0.25, 0.3) is 0 Å². The van der Waals surface area contributed by atoms with Crippen molar-refractivity contribution in [3.8, 4) is 5.75 Å². The van der Waals surface area contributed by atoms with Crippen LogP contribution in [-0.2, 0) is 4.74 Å². The van der Waals surface area contributed by atoms with E-state index in [2.05, 4.69) is 12.2 Å². The molecular formula is C12H16ClNO2. The maximum Gasteiger partial charge on any atom is 0.123 e. The van der Waals surface area contributed by atoms with Gasteiger partial charge in [-0.2, -0.15) is 0 Å². The molecule has 1 N–H and O–H groups in total. The average molecular weight is 242 g/mol. The summed E-state index contributed by atoms with van der Waals surface area (Å²) < 4.78 is 10.9. The number of morpholine rings is 1. The van der Waals surface area contributed by atoms with Crippen LogP contribution in [0.1, 0.15) is 18.5 Å². The second-order valence-electron chi connectivity index (χ2n) is 4.04. The van der Waals surface area contributed by atoms with Crippen molar-refractivity contribution in [1.82, 2.24) is 5.32 Å². The van der Waals surface area contributed by atoms with E-state index in [0.717, 1.165) is 22.9 Å². The lowest BCUT2D eigenvalue weighted by atomic mass is 10.0. The SMILES string of the molecule is COc1ccc(Cl)cc1C1COCC(C)N1. The molecule has 0 aromatic heterocycles. The van der Waals surface area contributed by atoms with Crippen molar-refractivity contribution in [3.05, 3.63) is 28.8 Å². The third kappa shape index (κ3) is 2.48. The molecule has 1 fully saturated rings. The first-order chi connectivity index (χ1) is 7.70. The molecule has 88 valence electrons. The Balaban J connectivity index is 2.26. The van der Waals surface area contributed by atoms with Crippen molar-refractivity contribution in [3.63, 3.8) is 0 Å². The molecule has 4 heteroatoms. The number of methoxy groups -OCH3 is 1. The first-order valence-electron chi connectivity index (χ1n) is 5.38. The lowest BCUT2D eigenvalue weighted by Crippen LogP contribution is -2.41. The topological polar surface area (TPSA) is 30.5 Å². The summed E-state index contributed by atoms with van der Waals surface area (Å²) in [6.45, 7) is 3.50. The zero-order valence-electron chi connectivity index (χ0n) is 9.50. The molecule has 0 spiro atoms. The van der Waals surface area contributed by atoms with E-state index in [1.54, 1.807) is 7.11 Å². The molecule has 2 atom stereocenters. The molecule has 1 saturated heterocycles. The molecule has 16 heavy (non-hydrogen) atoms. The summed E-state index contributed by atoms with van der Waals surface area (Å²) in [5.41, 5.74) is 1.06. The van der Waals surface area contributed by atoms with Crippen LogP contribution in [0.15, 0.2) is 18.2 Å². The number of rotatable bonds is 2. The standard InChI is InChI=1S/C12H16ClNO2/c1-8-6-16-7-11(14-8)10-5-9(13)3-4-12(10)15-2/h3-5,8,11,14H,6-7H2,1-2H3. The Labute approximate surface area is 101 Å². The molecule has 1 aromatic rings. The number of hydrogen-bond donors (Lipinski definition) is 1. The van der Waals surface area contributed by atoms with Gasteiger partial charge in [-0.05, 0) is 25.1 Å². The molecule has 2 rings (SSSR count). The Hall–Kier alpha value is -0.770. The molecular weight excluding hydrogens is 226 g/mol. The van der Waals surface area contributed by atoms with Crippen molar-refractivity contribution >= 4 is 11.6 Å². The fourth-order valence-electron chi connectivity index (χ4n) is 1.96. The average Bonchev–Trinajstić information content (AvgIpc) is 2.29. The maximum atomic E-state index is 6.01. The third-order valence-electron chi connectivity index (χ3n) is 2.71. The summed E-state index contributed by atoms with van der Waals surface area (Å²) in [4.78, 5) is 0. The molecule has 2 unspecified atom stereocenters. The Bertz CT molecular complexity index is 370. The van der Waals surface area contributed by atoms with Gasteiger partial charge in [0.25, 0.3) is 0 Å². The Kier molecular flexibility index (Phi) is 3.69. The van der Waals surface area contributed by atoms with Gasteiger partial charge in [0, 0.05) is 16.6 Å². The van der Waals surface area contributed by atoms with E-state index in [9.17, 15) is 0 Å². The van der Waals surface area contributed by atoms with E-state index < -0.39 is 0 Å². The van der Waals surface area contributed by atoms with E-state index in [-0.39, 0.29) is 6.04 Å². The second-order valence-corrected chi connectivity index (χ2v) is 4.48. The van der Waals surface area contributed by atoms with Crippen molar-refractivity contribution in [2.24, 2.45) is 0 Å². The van der Waals surface area contributed by atoms with E-state index in [0.29, 0.717) is 12.6 Å². The Morgan fingerprint density at radius 1 is 1.44 bits per heavy atom. The quantitative estimate of drug-likeness (QED) is 0.863. The summed E-state index contributed by atoms with van der Waals surface area (Å²) in [5, 5.41) is 4.19. The van der Waals surface area contributed by atoms with Crippen LogP contribution < -0.4 is 10.1 Å². The minimum Gasteiger partial charge on any atom is -0.496 e. The number of ether oxygens (including phenoxy) is 2. The van der Waals surface area contributed by atoms with Gasteiger partial charge in [0.05, 0.1) is 26.4 Å². The second kappa shape index (κ2) is 5.04. The largest absolute Gasteiger partial charge is 0.496 e. The minimum atomic E-state index is 0.150. The Morgan fingerprint density at radius 3 is 2.94 bits per heavy atom. The van der Waals surface area contributed by atoms with Crippen molar-refractivity contribution < 1.29 is 9.47 Å². The number of halogens is 1. The molecule has 1 aliphatic rings. The van der Waals surface area contributed by atoms with Gasteiger partial charge in [0.1, 0.15) is 5.75 Å². The smallest absolute Gasteiger partial charge is 0.123 e. The van der Waals surface area contributed by atoms with Crippen LogP contribution in [0, 0.1) is 0 Å². The highest BCUT2D eigenvalue weighted by Crippen LogP contribution is 2.29. The first kappa shape index (κ1) is 11.7. The minimum absolute atomic E-state index is 0.150. The molecule has 1 aliphatic heterocycles. The van der Waals surface area contributed by atoms with E-state index in [4.69, 9.17) is 21.1 Å². The molecule has 0 radical (unpaired) electrons. The predicted molar refractivity (Wildman–Crippen MR) is 64.2 cm³/mol. The van der Waals surface area contributed by atoms with Crippen molar-refractivity contribution in [2.75, 3.05) is 20.3 Å². The van der Waals surface area contributed by atoms with E-state index in [1.807, 2.05) is 18.2 Å². The van der Waals surface area contributed by atoms with Gasteiger partial charge in [-0.1, -0.05) is 11.6 Å². The number of hydrogen-bond acceptors (Lipinski definition) is 3. The Morgan fingerprint density at radius 2 is 2.25 bits per heavy atom. The summed E-state index contributed by atoms with van der Waals surface area (Å²) in [7, 11) is 1.67. The number of nitrogens with one attached hydrogen (secondary N) is 1. The maximum absolute atomic E-state index is 6.01. The predicted octanol–water partition coefficient (Wildman–Crippen LogP) is 2.40. The van der Waals surface area contributed by atoms with Crippen molar-refractivity contribution in [2.45, 2.75) is 19.0 Å². The fraction of sp³-hybridized carbons (Fsp3) is 0.500. The zero-order chi connectivity index (χ0) is 11.5. The van der Waals surface area contributed by atoms with Crippen LogP contribution in [-0.4, -0.2) is 26.4 Å². The summed E-state index contributed by atoms with van der Waals surface area (Å²) in [5.74, 6) is 0.847. The van der Waals surface area contributed by atoms with Gasteiger partial charge in [-0.15, -0.1) is 0 Å². The van der Waals surface area contributed by atoms with Crippen molar-refractivity contribution in [1.29, 1.82) is 0 Å². The van der Waals surface area contributed by atoms with E-state index >= 15 is 0 Å². The molecule has 0 aliphatic carbocycles. The van der Waals surface area contributed by atoms with Gasteiger partial charge in [-0.3, -0.25) is 0 Å². The third-order valence-corrected chi connectivity index (χ3v) is 2.94. The van der Waals surface area contributed by atoms with Gasteiger partial charge >= 0.3 is 0 Å². The lowest BCUT2D eigenvalue weighted by Gasteiger charge is -2.30. The first-order valence-corrected chi connectivity index (χ1v) is 5.75. The molecule has 0 saturated carbocycles. The summed E-state index contributed by atoms with van der Waals surface area (Å²) in [6, 6.07) is 6.15.